The normalized spacial score (nSPS) is 13.2. The van der Waals surface area contributed by atoms with Crippen LogP contribution < -0.4 is 14.8 Å². The first kappa shape index (κ1) is 19.9. The van der Waals surface area contributed by atoms with Gasteiger partial charge in [0.1, 0.15) is 11.5 Å². The monoisotopic (exact) mass is 446 g/mol. The molecule has 0 bridgehead atoms. The topological polar surface area (TPSA) is 43.4 Å². The molecule has 4 nitrogen and oxygen atoms in total. The van der Waals surface area contributed by atoms with E-state index < -0.39 is 0 Å². The molecule has 2 heterocycles. The van der Waals surface area contributed by atoms with Gasteiger partial charge in [0.2, 0.25) is 0 Å². The fourth-order valence-corrected chi connectivity index (χ4v) is 4.20. The minimum atomic E-state index is -0.320. The molecule has 3 aromatic rings. The molecule has 27 heavy (non-hydrogen) atoms. The number of nitrogens with one attached hydrogen (secondary N) is 1. The van der Waals surface area contributed by atoms with Crippen LogP contribution in [0.3, 0.4) is 0 Å². The van der Waals surface area contributed by atoms with E-state index in [1.807, 2.05) is 30.5 Å². The zero-order valence-corrected chi connectivity index (χ0v) is 18.1. The highest BCUT2D eigenvalue weighted by atomic mass is 79.9. The number of nitrogens with zero attached hydrogens (tertiary/aromatic N) is 1. The van der Waals surface area contributed by atoms with E-state index in [4.69, 9.17) is 9.47 Å². The number of hydrogen-bond donors (Lipinski definition) is 1. The minimum absolute atomic E-state index is 0.320. The first-order chi connectivity index (χ1) is 13.0. The fourth-order valence-electron chi connectivity index (χ4n) is 3.00. The summed E-state index contributed by atoms with van der Waals surface area (Å²) < 4.78 is 11.9. The molecule has 142 valence electrons. The third-order valence-corrected chi connectivity index (χ3v) is 5.93. The Bertz CT molecular complexity index is 886. The number of aromatic nitrogens is 1. The Morgan fingerprint density at radius 2 is 2.00 bits per heavy atom. The van der Waals surface area contributed by atoms with E-state index in [9.17, 15) is 0 Å². The summed E-state index contributed by atoms with van der Waals surface area (Å²) in [5.41, 5.74) is 1.75. The van der Waals surface area contributed by atoms with Crippen LogP contribution in [0.25, 0.3) is 0 Å². The zero-order chi connectivity index (χ0) is 19.3. The molecule has 0 aliphatic heterocycles. The lowest BCUT2D eigenvalue weighted by molar-refractivity contribution is 0.344. The van der Waals surface area contributed by atoms with Crippen molar-refractivity contribution in [3.63, 3.8) is 0 Å². The van der Waals surface area contributed by atoms with E-state index in [2.05, 4.69) is 56.7 Å². The van der Waals surface area contributed by atoms with Crippen molar-refractivity contribution in [2.45, 2.75) is 25.4 Å². The van der Waals surface area contributed by atoms with E-state index in [-0.39, 0.29) is 5.54 Å². The second-order valence-corrected chi connectivity index (χ2v) is 8.43. The van der Waals surface area contributed by atoms with Crippen LogP contribution in [-0.2, 0) is 18.5 Å². The van der Waals surface area contributed by atoms with Gasteiger partial charge in [0.05, 0.1) is 25.5 Å². The number of pyridine rings is 1. The van der Waals surface area contributed by atoms with Gasteiger partial charge in [0, 0.05) is 40.1 Å². The van der Waals surface area contributed by atoms with E-state index >= 15 is 0 Å². The van der Waals surface area contributed by atoms with Gasteiger partial charge in [-0.05, 0) is 36.6 Å². The summed E-state index contributed by atoms with van der Waals surface area (Å²) in [5.74, 6) is 1.59. The van der Waals surface area contributed by atoms with Gasteiger partial charge in [0.15, 0.2) is 0 Å². The van der Waals surface area contributed by atoms with E-state index in [1.54, 1.807) is 25.6 Å². The fraction of sp³-hybridized carbons (Fsp3) is 0.286. The molecule has 1 aromatic carbocycles. The Balaban J connectivity index is 1.88. The van der Waals surface area contributed by atoms with Crippen molar-refractivity contribution in [2.75, 3.05) is 14.2 Å². The molecule has 1 atom stereocenters. The van der Waals surface area contributed by atoms with Crippen LogP contribution >= 0.6 is 27.3 Å². The molecular weight excluding hydrogens is 424 g/mol. The molecule has 0 spiro atoms. The largest absolute Gasteiger partial charge is 0.497 e. The molecule has 0 saturated heterocycles. The lowest BCUT2D eigenvalue weighted by Crippen LogP contribution is -2.41. The second-order valence-electron chi connectivity index (χ2n) is 6.48. The molecule has 0 fully saturated rings. The summed E-state index contributed by atoms with van der Waals surface area (Å²) in [5, 5.41) is 5.82. The number of halogens is 1. The van der Waals surface area contributed by atoms with Crippen LogP contribution in [0.4, 0.5) is 0 Å². The Morgan fingerprint density at radius 3 is 2.67 bits per heavy atom. The number of hydrogen-bond acceptors (Lipinski definition) is 5. The molecule has 0 aliphatic carbocycles. The average molecular weight is 447 g/mol. The van der Waals surface area contributed by atoms with Crippen molar-refractivity contribution in [2.24, 2.45) is 0 Å². The molecule has 0 saturated carbocycles. The third-order valence-electron chi connectivity index (χ3n) is 4.56. The van der Waals surface area contributed by atoms with Gasteiger partial charge < -0.3 is 14.8 Å². The number of thiophene rings is 1. The minimum Gasteiger partial charge on any atom is -0.497 e. The maximum atomic E-state index is 5.54. The van der Waals surface area contributed by atoms with E-state index in [0.717, 1.165) is 33.6 Å². The van der Waals surface area contributed by atoms with Crippen molar-refractivity contribution < 1.29 is 9.47 Å². The maximum Gasteiger partial charge on any atom is 0.127 e. The smallest absolute Gasteiger partial charge is 0.127 e. The van der Waals surface area contributed by atoms with Crippen LogP contribution in [0.2, 0.25) is 0 Å². The highest BCUT2D eigenvalue weighted by Gasteiger charge is 2.29. The second kappa shape index (κ2) is 8.87. The molecule has 1 unspecified atom stereocenters. The highest BCUT2D eigenvalue weighted by Crippen LogP contribution is 2.30. The van der Waals surface area contributed by atoms with Crippen LogP contribution in [0.1, 0.15) is 23.1 Å². The van der Waals surface area contributed by atoms with Gasteiger partial charge in [-0.15, -0.1) is 11.3 Å². The summed E-state index contributed by atoms with van der Waals surface area (Å²) in [6.07, 6.45) is 2.69. The molecular formula is C21H23BrN2O2S. The third kappa shape index (κ3) is 4.89. The molecule has 0 amide bonds. The van der Waals surface area contributed by atoms with Gasteiger partial charge in [-0.1, -0.05) is 28.1 Å². The van der Waals surface area contributed by atoms with Crippen molar-refractivity contribution in [1.82, 2.24) is 10.3 Å². The number of rotatable bonds is 8. The van der Waals surface area contributed by atoms with E-state index in [0.29, 0.717) is 6.54 Å². The zero-order valence-electron chi connectivity index (χ0n) is 15.7. The van der Waals surface area contributed by atoms with Crippen LogP contribution in [0.5, 0.6) is 11.5 Å². The summed E-state index contributed by atoms with van der Waals surface area (Å²) in [7, 11) is 3.34. The average Bonchev–Trinajstić information content (AvgIpc) is 3.19. The molecule has 6 heteroatoms. The Labute approximate surface area is 172 Å². The van der Waals surface area contributed by atoms with Crippen LogP contribution in [0, 0.1) is 0 Å². The van der Waals surface area contributed by atoms with Gasteiger partial charge in [-0.2, -0.15) is 0 Å². The number of benzene rings is 1. The first-order valence-corrected chi connectivity index (χ1v) is 10.3. The summed E-state index contributed by atoms with van der Waals surface area (Å²) in [6, 6.07) is 14.2. The summed E-state index contributed by atoms with van der Waals surface area (Å²) >= 11 is 5.33. The molecule has 0 aliphatic rings. The van der Waals surface area contributed by atoms with Crippen LogP contribution in [0.15, 0.2) is 58.5 Å². The molecule has 0 radical (unpaired) electrons. The quantitative estimate of drug-likeness (QED) is 0.518. The Kier molecular flexibility index (Phi) is 6.52. The van der Waals surface area contributed by atoms with Crippen molar-refractivity contribution >= 4 is 27.3 Å². The van der Waals surface area contributed by atoms with Gasteiger partial charge in [-0.3, -0.25) is 4.98 Å². The van der Waals surface area contributed by atoms with Gasteiger partial charge in [-0.25, -0.2) is 0 Å². The van der Waals surface area contributed by atoms with Gasteiger partial charge >= 0.3 is 0 Å². The summed E-state index contributed by atoms with van der Waals surface area (Å²) in [6.45, 7) is 2.85. The van der Waals surface area contributed by atoms with Crippen LogP contribution in [-0.4, -0.2) is 19.2 Å². The van der Waals surface area contributed by atoms with Crippen molar-refractivity contribution in [3.8, 4) is 11.5 Å². The summed E-state index contributed by atoms with van der Waals surface area (Å²) in [4.78, 5) is 5.95. The van der Waals surface area contributed by atoms with E-state index in [1.165, 1.54) is 4.88 Å². The maximum absolute atomic E-state index is 5.54. The Hall–Kier alpha value is -1.89. The first-order valence-electron chi connectivity index (χ1n) is 8.64. The standard InChI is InChI=1S/C21H23BrN2O2S/c1-21(13-18-5-4-10-27-18,20-11-16(22)8-9-23-20)24-14-15-6-7-17(25-2)12-19(15)26-3/h4-12,24H,13-14H2,1-3H3. The molecule has 3 rings (SSSR count). The SMILES string of the molecule is COc1ccc(CNC(C)(Cc2cccs2)c2cc(Br)ccn2)c(OC)c1. The van der Waals surface area contributed by atoms with Crippen molar-refractivity contribution in [3.05, 3.63) is 74.6 Å². The predicted octanol–water partition coefficient (Wildman–Crippen LogP) is 5.17. The Morgan fingerprint density at radius 1 is 1.15 bits per heavy atom. The molecule has 1 N–H and O–H groups in total. The van der Waals surface area contributed by atoms with Crippen molar-refractivity contribution in [1.29, 1.82) is 0 Å². The molecule has 2 aromatic heterocycles. The lowest BCUT2D eigenvalue weighted by atomic mass is 9.91. The van der Waals surface area contributed by atoms with Gasteiger partial charge in [0.25, 0.3) is 0 Å². The predicted molar refractivity (Wildman–Crippen MR) is 114 cm³/mol. The number of ether oxygens (including phenoxy) is 2. The number of methoxy groups -OCH3 is 2. The highest BCUT2D eigenvalue weighted by molar-refractivity contribution is 9.10. The lowest BCUT2D eigenvalue weighted by Gasteiger charge is -2.31.